The van der Waals surface area contributed by atoms with Gasteiger partial charge in [-0.1, -0.05) is 48.4 Å². The summed E-state index contributed by atoms with van der Waals surface area (Å²) in [6.45, 7) is 3.77. The van der Waals surface area contributed by atoms with Crippen LogP contribution in [-0.4, -0.2) is 45.9 Å². The van der Waals surface area contributed by atoms with Crippen LogP contribution in [0.5, 0.6) is 0 Å². The molecule has 11 heteroatoms. The molecule has 1 saturated carbocycles. The third-order valence-electron chi connectivity index (χ3n) is 6.72. The first kappa shape index (κ1) is 28.5. The number of hydrogen-bond donors (Lipinski definition) is 3. The molecule has 0 atom stereocenters. The van der Waals surface area contributed by atoms with Gasteiger partial charge in [-0.3, -0.25) is 10.2 Å². The van der Waals surface area contributed by atoms with Gasteiger partial charge in [0.1, 0.15) is 0 Å². The maximum Gasteiger partial charge on any atom is 0.315 e. The highest BCUT2D eigenvalue weighted by Gasteiger charge is 2.29. The van der Waals surface area contributed by atoms with E-state index < -0.39 is 0 Å². The van der Waals surface area contributed by atoms with Crippen LogP contribution in [0.1, 0.15) is 72.8 Å². The molecule has 1 saturated heterocycles. The lowest BCUT2D eigenvalue weighted by Gasteiger charge is -2.26. The van der Waals surface area contributed by atoms with E-state index in [-0.39, 0.29) is 30.2 Å². The fourth-order valence-corrected chi connectivity index (χ4v) is 5.95. The van der Waals surface area contributed by atoms with Gasteiger partial charge in [-0.25, -0.2) is 14.5 Å². The zero-order chi connectivity index (χ0) is 28.1. The van der Waals surface area contributed by atoms with Gasteiger partial charge in [0.25, 0.3) is 5.91 Å². The van der Waals surface area contributed by atoms with E-state index in [1.165, 1.54) is 11.3 Å². The molecule has 40 heavy (non-hydrogen) atoms. The zero-order valence-corrected chi connectivity index (χ0v) is 24.7. The standard InChI is InChI=1S/C29H32Cl2N6O2S/c1-2-3-5-8-21-12-14-25(40-21)27-22(18-32-29(39)33-20-10-11-20)26(28(38)35-36-15-6-4-7-16-36)34-37(27)24-13-9-19(30)17-23(24)31/h9,12-14,17,20H,2-4,6-7,10-11,15-16,18H2,1H3,(H,35,38)(H2,32,33,39). The van der Waals surface area contributed by atoms with E-state index in [1.807, 2.05) is 17.1 Å². The van der Waals surface area contributed by atoms with Gasteiger partial charge in [0, 0.05) is 42.7 Å². The van der Waals surface area contributed by atoms with E-state index in [2.05, 4.69) is 34.8 Å². The number of carbonyl (C=O) groups excluding carboxylic acids is 2. The first-order chi connectivity index (χ1) is 19.4. The van der Waals surface area contributed by atoms with Gasteiger partial charge in [0.15, 0.2) is 5.69 Å². The number of unbranched alkanes of at least 4 members (excludes halogenated alkanes) is 1. The van der Waals surface area contributed by atoms with Crippen LogP contribution in [0.2, 0.25) is 10.0 Å². The summed E-state index contributed by atoms with van der Waals surface area (Å²) in [4.78, 5) is 28.1. The molecule has 1 aliphatic heterocycles. The third kappa shape index (κ3) is 6.99. The topological polar surface area (TPSA) is 91.3 Å². The van der Waals surface area contributed by atoms with Crippen molar-refractivity contribution in [2.75, 3.05) is 13.1 Å². The molecule has 3 aromatic rings. The van der Waals surface area contributed by atoms with E-state index in [4.69, 9.17) is 28.3 Å². The predicted molar refractivity (Wildman–Crippen MR) is 160 cm³/mol. The summed E-state index contributed by atoms with van der Waals surface area (Å²) < 4.78 is 1.68. The van der Waals surface area contributed by atoms with E-state index >= 15 is 0 Å². The summed E-state index contributed by atoms with van der Waals surface area (Å²) in [6.07, 6.45) is 6.95. The average Bonchev–Trinajstić information content (AvgIpc) is 3.48. The highest BCUT2D eigenvalue weighted by atomic mass is 35.5. The van der Waals surface area contributed by atoms with Crippen LogP contribution >= 0.6 is 34.5 Å². The number of hydrazine groups is 1. The molecule has 3 N–H and O–H groups in total. The van der Waals surface area contributed by atoms with Crippen LogP contribution in [0.25, 0.3) is 16.3 Å². The fraction of sp³-hybridized carbons (Fsp3) is 0.414. The molecule has 1 aliphatic carbocycles. The molecule has 2 aliphatic rings. The Morgan fingerprint density at radius 1 is 1.12 bits per heavy atom. The monoisotopic (exact) mass is 598 g/mol. The lowest BCUT2D eigenvalue weighted by Crippen LogP contribution is -2.45. The van der Waals surface area contributed by atoms with Crippen molar-refractivity contribution in [1.82, 2.24) is 30.8 Å². The summed E-state index contributed by atoms with van der Waals surface area (Å²) in [6, 6.07) is 9.03. The van der Waals surface area contributed by atoms with Gasteiger partial charge in [0.05, 0.1) is 26.2 Å². The molecular formula is C29H32Cl2N6O2S. The highest BCUT2D eigenvalue weighted by molar-refractivity contribution is 7.16. The van der Waals surface area contributed by atoms with Crippen molar-refractivity contribution in [3.8, 4) is 28.1 Å². The summed E-state index contributed by atoms with van der Waals surface area (Å²) in [5.41, 5.74) is 5.11. The van der Waals surface area contributed by atoms with Crippen molar-refractivity contribution in [3.05, 3.63) is 56.5 Å². The number of carbonyl (C=O) groups is 2. The Bertz CT molecular complexity index is 1450. The van der Waals surface area contributed by atoms with Gasteiger partial charge in [-0.05, 0) is 62.4 Å². The smallest absolute Gasteiger partial charge is 0.315 e. The molecule has 0 radical (unpaired) electrons. The van der Waals surface area contributed by atoms with E-state index in [1.54, 1.807) is 22.9 Å². The summed E-state index contributed by atoms with van der Waals surface area (Å²) in [5, 5.41) is 13.5. The van der Waals surface area contributed by atoms with Gasteiger partial charge < -0.3 is 10.6 Å². The maximum absolute atomic E-state index is 13.7. The Balaban J connectivity index is 1.59. The van der Waals surface area contributed by atoms with Crippen molar-refractivity contribution >= 4 is 46.5 Å². The number of piperidine rings is 1. The molecule has 5 rings (SSSR count). The van der Waals surface area contributed by atoms with Crippen molar-refractivity contribution < 1.29 is 9.59 Å². The normalized spacial score (nSPS) is 15.3. The number of nitrogens with zero attached hydrogens (tertiary/aromatic N) is 3. The number of rotatable bonds is 8. The van der Waals surface area contributed by atoms with Crippen LogP contribution in [0.3, 0.4) is 0 Å². The largest absolute Gasteiger partial charge is 0.335 e. The molecule has 3 heterocycles. The second kappa shape index (κ2) is 13.1. The Hall–Kier alpha value is -3.03. The van der Waals surface area contributed by atoms with Gasteiger partial charge in [-0.15, -0.1) is 11.3 Å². The van der Waals surface area contributed by atoms with Crippen molar-refractivity contribution in [3.63, 3.8) is 0 Å². The number of thiophene rings is 1. The number of nitrogens with one attached hydrogen (secondary N) is 3. The molecule has 1 aromatic carbocycles. The molecule has 2 fully saturated rings. The maximum atomic E-state index is 13.7. The number of hydrogen-bond acceptors (Lipinski definition) is 5. The number of aromatic nitrogens is 2. The predicted octanol–water partition coefficient (Wildman–Crippen LogP) is 6.15. The summed E-state index contributed by atoms with van der Waals surface area (Å²) in [5.74, 6) is 6.09. The Morgan fingerprint density at radius 3 is 2.65 bits per heavy atom. The first-order valence-corrected chi connectivity index (χ1v) is 15.3. The number of amides is 3. The molecule has 210 valence electrons. The second-order valence-corrected chi connectivity index (χ2v) is 11.9. The second-order valence-electron chi connectivity index (χ2n) is 9.99. The minimum Gasteiger partial charge on any atom is -0.335 e. The lowest BCUT2D eigenvalue weighted by atomic mass is 10.1. The van der Waals surface area contributed by atoms with Gasteiger partial charge in [0.2, 0.25) is 0 Å². The molecule has 8 nitrogen and oxygen atoms in total. The quantitative estimate of drug-likeness (QED) is 0.271. The molecule has 2 aromatic heterocycles. The first-order valence-electron chi connectivity index (χ1n) is 13.7. The minimum atomic E-state index is -0.328. The van der Waals surface area contributed by atoms with Crippen molar-refractivity contribution in [1.29, 1.82) is 0 Å². The van der Waals surface area contributed by atoms with Gasteiger partial charge >= 0.3 is 6.03 Å². The summed E-state index contributed by atoms with van der Waals surface area (Å²) >= 11 is 14.4. The van der Waals surface area contributed by atoms with Crippen LogP contribution in [0, 0.1) is 11.8 Å². The van der Waals surface area contributed by atoms with Crippen molar-refractivity contribution in [2.24, 2.45) is 0 Å². The SMILES string of the molecule is CCCC#Cc1ccc(-c2c(CNC(=O)NC3CC3)c(C(=O)NN3CCCCC3)nn2-c2ccc(Cl)cc2Cl)s1. The molecule has 0 bridgehead atoms. The molecular weight excluding hydrogens is 567 g/mol. The molecule has 0 unspecified atom stereocenters. The van der Waals surface area contributed by atoms with Crippen LogP contribution < -0.4 is 16.1 Å². The Kier molecular flexibility index (Phi) is 9.33. The van der Waals surface area contributed by atoms with Gasteiger partial charge in [-0.2, -0.15) is 5.10 Å². The van der Waals surface area contributed by atoms with Crippen LogP contribution in [0.4, 0.5) is 4.79 Å². The minimum absolute atomic E-state index is 0.108. The van der Waals surface area contributed by atoms with E-state index in [0.29, 0.717) is 27.0 Å². The Labute approximate surface area is 248 Å². The Morgan fingerprint density at radius 2 is 1.93 bits per heavy atom. The van der Waals surface area contributed by atoms with Crippen LogP contribution in [0.15, 0.2) is 30.3 Å². The highest BCUT2D eigenvalue weighted by Crippen LogP contribution is 2.36. The lowest BCUT2D eigenvalue weighted by molar-refractivity contribution is 0.0743. The fourth-order valence-electron chi connectivity index (χ4n) is 4.52. The number of benzene rings is 1. The van der Waals surface area contributed by atoms with E-state index in [9.17, 15) is 9.59 Å². The zero-order valence-electron chi connectivity index (χ0n) is 22.4. The average molecular weight is 600 g/mol. The third-order valence-corrected chi connectivity index (χ3v) is 8.26. The number of urea groups is 1. The number of halogens is 2. The molecule has 3 amide bonds. The van der Waals surface area contributed by atoms with Crippen molar-refractivity contribution in [2.45, 2.75) is 64.5 Å². The van der Waals surface area contributed by atoms with Crippen LogP contribution in [-0.2, 0) is 6.54 Å². The summed E-state index contributed by atoms with van der Waals surface area (Å²) in [7, 11) is 0. The van der Waals surface area contributed by atoms with E-state index in [0.717, 1.165) is 67.8 Å². The molecule has 0 spiro atoms.